The quantitative estimate of drug-likeness (QED) is 0.0353. The van der Waals surface area contributed by atoms with Gasteiger partial charge in [0.15, 0.2) is 6.10 Å². The molecule has 0 bridgehead atoms. The van der Waals surface area contributed by atoms with Crippen molar-refractivity contribution < 1.29 is 42.1 Å². The highest BCUT2D eigenvalue weighted by molar-refractivity contribution is 7.47. The number of unbranched alkanes of at least 4 members (excludes halogenated alkanes) is 11. The summed E-state index contributed by atoms with van der Waals surface area (Å²) in [6.45, 7) is 4.17. The molecule has 0 spiro atoms. The summed E-state index contributed by atoms with van der Waals surface area (Å²) >= 11 is 0. The van der Waals surface area contributed by atoms with Crippen molar-refractivity contribution in [2.24, 2.45) is 0 Å². The molecule has 0 radical (unpaired) electrons. The minimum atomic E-state index is -4.34. The summed E-state index contributed by atoms with van der Waals surface area (Å²) in [7, 11) is 1.47. The fourth-order valence-corrected chi connectivity index (χ4v) is 4.51. The van der Waals surface area contributed by atoms with Gasteiger partial charge in [0, 0.05) is 12.8 Å². The Labute approximate surface area is 244 Å². The largest absolute Gasteiger partial charge is 0.472 e. The molecule has 0 amide bonds. The van der Waals surface area contributed by atoms with Crippen LogP contribution >= 0.6 is 7.82 Å². The van der Waals surface area contributed by atoms with Crippen LogP contribution in [0.5, 0.6) is 0 Å². The number of esters is 2. The van der Waals surface area contributed by atoms with Crippen LogP contribution in [0, 0.1) is 0 Å². The number of phosphoric acid groups is 1. The van der Waals surface area contributed by atoms with Gasteiger partial charge in [0.25, 0.3) is 0 Å². The first kappa shape index (κ1) is 38.8. The van der Waals surface area contributed by atoms with Crippen molar-refractivity contribution in [3.8, 4) is 0 Å². The molecule has 0 aromatic rings. The zero-order chi connectivity index (χ0) is 30.1. The summed E-state index contributed by atoms with van der Waals surface area (Å²) < 4.78 is 33.6. The number of hydrogen-bond donors (Lipinski definition) is 1. The molecule has 9 nitrogen and oxygen atoms in total. The lowest BCUT2D eigenvalue weighted by molar-refractivity contribution is -0.870. The maximum absolute atomic E-state index is 12.4. The average Bonchev–Trinajstić information content (AvgIpc) is 2.87. The lowest BCUT2D eigenvalue weighted by atomic mass is 10.1. The SMILES string of the molecule is CCCCCC/C=C\CCCCCCCC(=O)OC(COC(=O)CCCCC)COP(=O)(O)OCC[N+](C)(C)C. The van der Waals surface area contributed by atoms with Crippen LogP contribution in [-0.2, 0) is 32.7 Å². The fourth-order valence-electron chi connectivity index (χ4n) is 3.77. The number of phosphoric ester groups is 1. The summed E-state index contributed by atoms with van der Waals surface area (Å²) in [5, 5.41) is 0. The highest BCUT2D eigenvalue weighted by Crippen LogP contribution is 2.43. The topological polar surface area (TPSA) is 108 Å². The van der Waals surface area contributed by atoms with E-state index in [-0.39, 0.29) is 26.1 Å². The summed E-state index contributed by atoms with van der Waals surface area (Å²) in [4.78, 5) is 34.4. The van der Waals surface area contributed by atoms with Crippen LogP contribution in [0.1, 0.15) is 117 Å². The third-order valence-electron chi connectivity index (χ3n) is 6.30. The Kier molecular flexibility index (Phi) is 23.6. The molecule has 10 heteroatoms. The maximum Gasteiger partial charge on any atom is 0.472 e. The molecule has 0 aromatic heterocycles. The zero-order valence-corrected chi connectivity index (χ0v) is 27.0. The van der Waals surface area contributed by atoms with Crippen LogP contribution in [0.2, 0.25) is 0 Å². The summed E-state index contributed by atoms with van der Waals surface area (Å²) in [5.41, 5.74) is 0. The molecule has 0 rings (SSSR count). The van der Waals surface area contributed by atoms with E-state index in [0.29, 0.717) is 17.4 Å². The van der Waals surface area contributed by atoms with Gasteiger partial charge in [-0.3, -0.25) is 18.6 Å². The number of nitrogens with zero attached hydrogens (tertiary/aromatic N) is 1. The van der Waals surface area contributed by atoms with Gasteiger partial charge in [0.2, 0.25) is 0 Å². The summed E-state index contributed by atoms with van der Waals surface area (Å²) in [6.07, 6.45) is 19.1. The molecule has 2 unspecified atom stereocenters. The molecule has 0 aromatic carbocycles. The third-order valence-corrected chi connectivity index (χ3v) is 7.28. The van der Waals surface area contributed by atoms with E-state index in [9.17, 15) is 19.0 Å². The Bertz CT molecular complexity index is 723. The first-order chi connectivity index (χ1) is 19.0. The van der Waals surface area contributed by atoms with E-state index in [1.54, 1.807) is 0 Å². The van der Waals surface area contributed by atoms with Gasteiger partial charge in [0.05, 0.1) is 27.7 Å². The van der Waals surface area contributed by atoms with E-state index in [2.05, 4.69) is 19.1 Å². The van der Waals surface area contributed by atoms with Crippen molar-refractivity contribution in [1.82, 2.24) is 0 Å². The van der Waals surface area contributed by atoms with Gasteiger partial charge in [-0.15, -0.1) is 0 Å². The van der Waals surface area contributed by atoms with E-state index < -0.39 is 32.5 Å². The van der Waals surface area contributed by atoms with Gasteiger partial charge in [-0.2, -0.15) is 0 Å². The molecule has 0 fully saturated rings. The molecule has 0 aliphatic carbocycles. The van der Waals surface area contributed by atoms with Crippen LogP contribution in [0.4, 0.5) is 0 Å². The predicted octanol–water partition coefficient (Wildman–Crippen LogP) is 7.12. The van der Waals surface area contributed by atoms with Crippen LogP contribution in [0.3, 0.4) is 0 Å². The minimum Gasteiger partial charge on any atom is -0.462 e. The van der Waals surface area contributed by atoms with Gasteiger partial charge in [0.1, 0.15) is 19.8 Å². The molecule has 1 N–H and O–H groups in total. The molecule has 0 heterocycles. The van der Waals surface area contributed by atoms with Crippen molar-refractivity contribution >= 4 is 19.8 Å². The van der Waals surface area contributed by atoms with Crippen molar-refractivity contribution in [2.45, 2.75) is 123 Å². The highest BCUT2D eigenvalue weighted by Gasteiger charge is 2.27. The standard InChI is InChI=1S/C30H58NO8P/c1-6-8-10-11-12-13-14-15-16-17-18-19-21-23-30(33)39-28(26-36-29(32)22-20-9-7-2)27-38-40(34,35)37-25-24-31(3,4)5/h13-14,28H,6-12,15-27H2,1-5H3/p+1/b14-13-. The monoisotopic (exact) mass is 592 g/mol. The van der Waals surface area contributed by atoms with Gasteiger partial charge in [-0.25, -0.2) is 4.57 Å². The number of carbonyl (C=O) groups is 2. The maximum atomic E-state index is 12.4. The van der Waals surface area contributed by atoms with Crippen molar-refractivity contribution in [3.05, 3.63) is 12.2 Å². The predicted molar refractivity (Wildman–Crippen MR) is 160 cm³/mol. The lowest BCUT2D eigenvalue weighted by Crippen LogP contribution is -2.37. The molecule has 0 aliphatic rings. The van der Waals surface area contributed by atoms with Gasteiger partial charge >= 0.3 is 19.8 Å². The molecule has 0 saturated carbocycles. The first-order valence-electron chi connectivity index (χ1n) is 15.4. The summed E-state index contributed by atoms with van der Waals surface area (Å²) in [6, 6.07) is 0. The Morgan fingerprint density at radius 1 is 0.750 bits per heavy atom. The second kappa shape index (κ2) is 24.4. The molecule has 0 aliphatic heterocycles. The van der Waals surface area contributed by atoms with Gasteiger partial charge < -0.3 is 18.9 Å². The lowest BCUT2D eigenvalue weighted by Gasteiger charge is -2.24. The third kappa shape index (κ3) is 26.9. The van der Waals surface area contributed by atoms with E-state index in [1.807, 2.05) is 28.1 Å². The van der Waals surface area contributed by atoms with Crippen LogP contribution < -0.4 is 0 Å². The highest BCUT2D eigenvalue weighted by atomic mass is 31.2. The van der Waals surface area contributed by atoms with E-state index in [4.69, 9.17) is 18.5 Å². The van der Waals surface area contributed by atoms with Crippen LogP contribution in [-0.4, -0.2) is 74.9 Å². The Morgan fingerprint density at radius 3 is 1.90 bits per heavy atom. The number of quaternary nitrogens is 1. The molecule has 2 atom stereocenters. The van der Waals surface area contributed by atoms with Crippen molar-refractivity contribution in [2.75, 3.05) is 47.5 Å². The summed E-state index contributed by atoms with van der Waals surface area (Å²) in [5.74, 6) is -0.840. The molecular weight excluding hydrogens is 533 g/mol. The van der Waals surface area contributed by atoms with Crippen LogP contribution in [0.25, 0.3) is 0 Å². The zero-order valence-electron chi connectivity index (χ0n) is 26.1. The van der Waals surface area contributed by atoms with Gasteiger partial charge in [-0.1, -0.05) is 77.4 Å². The molecule has 0 saturated heterocycles. The molecular formula is C30H59NO8P+. The number of ether oxygens (including phenoxy) is 2. The fraction of sp³-hybridized carbons (Fsp3) is 0.867. The normalized spacial score (nSPS) is 14.2. The number of hydrogen-bond acceptors (Lipinski definition) is 7. The average molecular weight is 593 g/mol. The Balaban J connectivity index is 4.40. The first-order valence-corrected chi connectivity index (χ1v) is 16.9. The van der Waals surface area contributed by atoms with E-state index >= 15 is 0 Å². The second-order valence-electron chi connectivity index (χ2n) is 11.5. The smallest absolute Gasteiger partial charge is 0.462 e. The van der Waals surface area contributed by atoms with E-state index in [0.717, 1.165) is 51.4 Å². The van der Waals surface area contributed by atoms with Crippen LogP contribution in [0.15, 0.2) is 12.2 Å². The number of rotatable bonds is 27. The number of allylic oxidation sites excluding steroid dienone is 2. The molecule has 236 valence electrons. The Hall–Kier alpha value is -1.25. The van der Waals surface area contributed by atoms with Crippen molar-refractivity contribution in [1.29, 1.82) is 0 Å². The molecule has 40 heavy (non-hydrogen) atoms. The minimum absolute atomic E-state index is 0.0312. The number of carbonyl (C=O) groups excluding carboxylic acids is 2. The second-order valence-corrected chi connectivity index (χ2v) is 12.9. The van der Waals surface area contributed by atoms with E-state index in [1.165, 1.54) is 32.1 Å². The Morgan fingerprint density at radius 2 is 1.27 bits per heavy atom. The van der Waals surface area contributed by atoms with Crippen molar-refractivity contribution in [3.63, 3.8) is 0 Å². The van der Waals surface area contributed by atoms with Gasteiger partial charge in [-0.05, 0) is 38.5 Å². The number of likely N-dealkylation sites (N-methyl/N-ethyl adjacent to an activating group) is 1.